The van der Waals surface area contributed by atoms with Crippen LogP contribution >= 0.6 is 0 Å². The van der Waals surface area contributed by atoms with Crippen LogP contribution in [0.15, 0.2) is 53.2 Å². The van der Waals surface area contributed by atoms with E-state index >= 15 is 0 Å². The first kappa shape index (κ1) is 16.0. The fraction of sp³-hybridized carbons (Fsp3) is 0.333. The van der Waals surface area contributed by atoms with Crippen LogP contribution in [0.25, 0.3) is 0 Å². The Morgan fingerprint density at radius 1 is 1.36 bits per heavy atom. The van der Waals surface area contributed by atoms with Crippen LogP contribution in [-0.2, 0) is 0 Å². The predicted molar refractivity (Wildman–Crippen MR) is 89.2 cm³/mol. The maximum Gasteiger partial charge on any atom is 0.271 e. The molecule has 0 heterocycles. The Kier molecular flexibility index (Phi) is 5.15. The number of amides is 1. The monoisotopic (exact) mass is 298 g/mol. The van der Waals surface area contributed by atoms with Crippen LogP contribution in [0, 0.1) is 5.92 Å². The van der Waals surface area contributed by atoms with Gasteiger partial charge in [0.05, 0.1) is 12.8 Å². The average molecular weight is 298 g/mol. The Balaban J connectivity index is 2.06. The number of hydrazone groups is 1. The van der Waals surface area contributed by atoms with Crippen molar-refractivity contribution in [3.63, 3.8) is 0 Å². The molecule has 1 atom stereocenters. The van der Waals surface area contributed by atoms with Gasteiger partial charge in [-0.3, -0.25) is 4.79 Å². The summed E-state index contributed by atoms with van der Waals surface area (Å²) in [5.41, 5.74) is 6.38. The minimum atomic E-state index is -0.222. The van der Waals surface area contributed by atoms with Crippen LogP contribution in [0.1, 0.15) is 37.0 Å². The number of benzene rings is 1. The summed E-state index contributed by atoms with van der Waals surface area (Å²) in [5.74, 6) is 0.902. The third-order valence-electron chi connectivity index (χ3n) is 3.95. The van der Waals surface area contributed by atoms with Crippen molar-refractivity contribution >= 4 is 11.6 Å². The van der Waals surface area contributed by atoms with Gasteiger partial charge in [0.25, 0.3) is 5.91 Å². The van der Waals surface area contributed by atoms with Gasteiger partial charge in [0, 0.05) is 5.56 Å². The molecule has 22 heavy (non-hydrogen) atoms. The lowest BCUT2D eigenvalue weighted by atomic mass is 9.85. The molecule has 1 aromatic carbocycles. The average Bonchev–Trinajstić information content (AvgIpc) is 2.53. The summed E-state index contributed by atoms with van der Waals surface area (Å²) >= 11 is 0. The van der Waals surface area contributed by atoms with Gasteiger partial charge in [0.2, 0.25) is 0 Å². The van der Waals surface area contributed by atoms with Gasteiger partial charge in [-0.25, -0.2) is 5.43 Å². The third kappa shape index (κ3) is 3.85. The lowest BCUT2D eigenvalue weighted by Gasteiger charge is -2.22. The van der Waals surface area contributed by atoms with E-state index in [9.17, 15) is 4.79 Å². The molecule has 1 N–H and O–H groups in total. The molecular formula is C18H22N2O2. The highest BCUT2D eigenvalue weighted by Gasteiger charge is 2.18. The normalized spacial score (nSPS) is 19.5. The highest BCUT2D eigenvalue weighted by molar-refractivity contribution is 6.02. The first-order valence-corrected chi connectivity index (χ1v) is 7.34. The Labute approximate surface area is 131 Å². The van der Waals surface area contributed by atoms with E-state index < -0.39 is 0 Å². The summed E-state index contributed by atoms with van der Waals surface area (Å²) in [5, 5.41) is 4.29. The fourth-order valence-corrected chi connectivity index (χ4v) is 2.35. The van der Waals surface area contributed by atoms with E-state index in [4.69, 9.17) is 4.74 Å². The largest absolute Gasteiger partial charge is 0.497 e. The molecule has 1 aliphatic carbocycles. The zero-order valence-electron chi connectivity index (χ0n) is 13.3. The molecule has 116 valence electrons. The number of carbonyl (C=O) groups excluding carboxylic acids is 1. The first-order valence-electron chi connectivity index (χ1n) is 7.34. The highest BCUT2D eigenvalue weighted by Crippen LogP contribution is 2.26. The number of ether oxygens (including phenoxy) is 1. The number of nitrogens with zero attached hydrogens (tertiary/aromatic N) is 1. The number of nitrogens with one attached hydrogen (secondary N) is 1. The van der Waals surface area contributed by atoms with E-state index in [0.717, 1.165) is 35.4 Å². The molecule has 0 aliphatic heterocycles. The van der Waals surface area contributed by atoms with E-state index in [1.807, 2.05) is 13.8 Å². The van der Waals surface area contributed by atoms with Crippen molar-refractivity contribution in [2.75, 3.05) is 7.11 Å². The van der Waals surface area contributed by atoms with Gasteiger partial charge in [-0.1, -0.05) is 18.2 Å². The Morgan fingerprint density at radius 3 is 2.64 bits per heavy atom. The molecule has 1 aliphatic rings. The topological polar surface area (TPSA) is 50.7 Å². The van der Waals surface area contributed by atoms with Gasteiger partial charge in [-0.05, 0) is 62.4 Å². The van der Waals surface area contributed by atoms with Crippen molar-refractivity contribution in [3.05, 3.63) is 53.6 Å². The van der Waals surface area contributed by atoms with E-state index in [2.05, 4.69) is 23.2 Å². The molecule has 1 aromatic rings. The maximum atomic E-state index is 12.1. The molecule has 0 fully saturated rings. The summed E-state index contributed by atoms with van der Waals surface area (Å²) in [4.78, 5) is 12.1. The van der Waals surface area contributed by atoms with Gasteiger partial charge in [-0.15, -0.1) is 0 Å². The van der Waals surface area contributed by atoms with Crippen LogP contribution in [0.2, 0.25) is 0 Å². The van der Waals surface area contributed by atoms with E-state index in [1.165, 1.54) is 0 Å². The van der Waals surface area contributed by atoms with E-state index in [0.29, 0.717) is 11.5 Å². The minimum Gasteiger partial charge on any atom is -0.497 e. The number of hydrogen-bond donors (Lipinski definition) is 1. The SMILES string of the molecule is C=C(C)[C@H]1CC=C(C)/C(=N/NC(=O)c2ccc(OC)cc2)C1. The molecular weight excluding hydrogens is 276 g/mol. The third-order valence-corrected chi connectivity index (χ3v) is 3.95. The molecule has 0 aromatic heterocycles. The molecule has 0 spiro atoms. The Morgan fingerprint density at radius 2 is 2.05 bits per heavy atom. The second-order valence-electron chi connectivity index (χ2n) is 5.60. The number of methoxy groups -OCH3 is 1. The molecule has 4 heteroatoms. The van der Waals surface area contributed by atoms with Crippen LogP contribution < -0.4 is 10.2 Å². The number of rotatable bonds is 4. The molecule has 4 nitrogen and oxygen atoms in total. The van der Waals surface area contributed by atoms with Gasteiger partial charge in [-0.2, -0.15) is 5.10 Å². The Bertz CT molecular complexity index is 627. The number of hydrogen-bond acceptors (Lipinski definition) is 3. The van der Waals surface area contributed by atoms with Crippen molar-refractivity contribution in [3.8, 4) is 5.75 Å². The zero-order chi connectivity index (χ0) is 16.1. The van der Waals surface area contributed by atoms with Gasteiger partial charge in [0.1, 0.15) is 5.75 Å². The fourth-order valence-electron chi connectivity index (χ4n) is 2.35. The number of carbonyl (C=O) groups is 1. The zero-order valence-corrected chi connectivity index (χ0v) is 13.3. The predicted octanol–water partition coefficient (Wildman–Crippen LogP) is 3.71. The van der Waals surface area contributed by atoms with Crippen molar-refractivity contribution < 1.29 is 9.53 Å². The van der Waals surface area contributed by atoms with Crippen LogP contribution in [0.4, 0.5) is 0 Å². The van der Waals surface area contributed by atoms with Crippen molar-refractivity contribution in [2.24, 2.45) is 11.0 Å². The van der Waals surface area contributed by atoms with Gasteiger partial charge in [0.15, 0.2) is 0 Å². The summed E-state index contributed by atoms with van der Waals surface area (Å²) in [6.45, 7) is 8.07. The molecule has 0 saturated heterocycles. The summed E-state index contributed by atoms with van der Waals surface area (Å²) in [6, 6.07) is 6.94. The second-order valence-corrected chi connectivity index (χ2v) is 5.60. The number of allylic oxidation sites excluding steroid dienone is 3. The van der Waals surface area contributed by atoms with Crippen LogP contribution in [0.5, 0.6) is 5.75 Å². The molecule has 0 bridgehead atoms. The Hall–Kier alpha value is -2.36. The smallest absolute Gasteiger partial charge is 0.271 e. The van der Waals surface area contributed by atoms with Crippen molar-refractivity contribution in [2.45, 2.75) is 26.7 Å². The summed E-state index contributed by atoms with van der Waals surface area (Å²) in [6.07, 6.45) is 3.97. The maximum absolute atomic E-state index is 12.1. The molecule has 1 amide bonds. The second kappa shape index (κ2) is 7.07. The van der Waals surface area contributed by atoms with Crippen molar-refractivity contribution in [1.29, 1.82) is 0 Å². The van der Waals surface area contributed by atoms with Gasteiger partial charge < -0.3 is 4.74 Å². The molecule has 0 saturated carbocycles. The minimum absolute atomic E-state index is 0.222. The van der Waals surface area contributed by atoms with Crippen molar-refractivity contribution in [1.82, 2.24) is 5.43 Å². The first-order chi connectivity index (χ1) is 10.5. The lowest BCUT2D eigenvalue weighted by Crippen LogP contribution is -2.23. The van der Waals surface area contributed by atoms with Gasteiger partial charge >= 0.3 is 0 Å². The van der Waals surface area contributed by atoms with Crippen LogP contribution in [-0.4, -0.2) is 18.7 Å². The summed E-state index contributed by atoms with van der Waals surface area (Å²) < 4.78 is 5.08. The van der Waals surface area contributed by atoms with E-state index in [1.54, 1.807) is 31.4 Å². The quantitative estimate of drug-likeness (QED) is 0.680. The van der Waals surface area contributed by atoms with E-state index in [-0.39, 0.29) is 5.91 Å². The standard InChI is InChI=1S/C18H22N2O2/c1-12(2)15-6-5-13(3)17(11-15)19-20-18(21)14-7-9-16(22-4)10-8-14/h5,7-10,15H,1,6,11H2,2-4H3,(H,20,21)/b19-17+/t15-/m0/s1. The van der Waals surface area contributed by atoms with Crippen LogP contribution in [0.3, 0.4) is 0 Å². The molecule has 0 radical (unpaired) electrons. The highest BCUT2D eigenvalue weighted by atomic mass is 16.5. The molecule has 0 unspecified atom stereocenters. The summed E-state index contributed by atoms with van der Waals surface area (Å²) in [7, 11) is 1.59. The molecule has 2 rings (SSSR count). The lowest BCUT2D eigenvalue weighted by molar-refractivity contribution is 0.0954.